The number of hydrogen-bond acceptors (Lipinski definition) is 5. The molecule has 2 saturated heterocycles. The zero-order valence-electron chi connectivity index (χ0n) is 17.1. The predicted octanol–water partition coefficient (Wildman–Crippen LogP) is 3.62. The van der Waals surface area contributed by atoms with E-state index in [4.69, 9.17) is 4.74 Å². The molecule has 3 heterocycles. The van der Waals surface area contributed by atoms with Crippen LogP contribution in [0.25, 0.3) is 0 Å². The average molecular weight is 417 g/mol. The summed E-state index contributed by atoms with van der Waals surface area (Å²) in [5.74, 6) is 6.81. The Kier molecular flexibility index (Phi) is 5.58. The summed E-state index contributed by atoms with van der Waals surface area (Å²) >= 11 is 1.56. The molecule has 0 radical (unpaired) electrons. The third kappa shape index (κ3) is 4.15. The Morgan fingerprint density at radius 1 is 1.21 bits per heavy atom. The van der Waals surface area contributed by atoms with Crippen molar-refractivity contribution in [2.45, 2.75) is 52.0 Å². The summed E-state index contributed by atoms with van der Waals surface area (Å²) < 4.78 is 5.50. The third-order valence-electron chi connectivity index (χ3n) is 5.95. The Balaban J connectivity index is 1.75. The maximum absolute atomic E-state index is 12.8. The molecule has 6 nitrogen and oxygen atoms in total. The van der Waals surface area contributed by atoms with Gasteiger partial charge in [-0.05, 0) is 36.7 Å². The van der Waals surface area contributed by atoms with Crippen LogP contribution < -0.4 is 4.90 Å². The fraction of sp³-hybridized carbons (Fsp3) is 0.636. The number of hydrogen-bond donors (Lipinski definition) is 1. The van der Waals surface area contributed by atoms with Crippen LogP contribution in [0.15, 0.2) is 0 Å². The topological polar surface area (TPSA) is 70.1 Å². The number of piperidine rings is 1. The molecule has 1 aromatic rings. The number of ether oxygens (including phenoxy) is 1. The Morgan fingerprint density at radius 3 is 2.69 bits per heavy atom. The van der Waals surface area contributed by atoms with Crippen LogP contribution in [0, 0.1) is 17.3 Å². The van der Waals surface area contributed by atoms with Crippen LogP contribution in [-0.4, -0.2) is 60.8 Å². The highest BCUT2D eigenvalue weighted by Crippen LogP contribution is 2.45. The number of anilines is 1. The van der Waals surface area contributed by atoms with Gasteiger partial charge in [0.1, 0.15) is 5.00 Å². The highest BCUT2D eigenvalue weighted by atomic mass is 32.1. The van der Waals surface area contributed by atoms with Gasteiger partial charge in [0, 0.05) is 26.1 Å². The van der Waals surface area contributed by atoms with E-state index < -0.39 is 6.09 Å². The molecule has 2 aliphatic heterocycles. The molecule has 7 heteroatoms. The van der Waals surface area contributed by atoms with E-state index >= 15 is 0 Å². The molecule has 1 unspecified atom stereocenters. The van der Waals surface area contributed by atoms with Crippen LogP contribution in [0.5, 0.6) is 0 Å². The second-order valence-electron chi connectivity index (χ2n) is 8.89. The monoisotopic (exact) mass is 416 g/mol. The minimum absolute atomic E-state index is 0.0815. The first kappa shape index (κ1) is 20.2. The van der Waals surface area contributed by atoms with Crippen molar-refractivity contribution in [1.82, 2.24) is 4.90 Å². The number of rotatable bonds is 1. The Bertz CT molecular complexity index is 873. The molecular weight excluding hydrogens is 388 g/mol. The Labute approximate surface area is 175 Å². The fourth-order valence-electron chi connectivity index (χ4n) is 4.49. The Morgan fingerprint density at radius 2 is 1.97 bits per heavy atom. The lowest BCUT2D eigenvalue weighted by atomic mass is 9.75. The van der Waals surface area contributed by atoms with Crippen LogP contribution >= 0.6 is 11.3 Å². The van der Waals surface area contributed by atoms with Crippen molar-refractivity contribution in [3.63, 3.8) is 0 Å². The first-order valence-electron chi connectivity index (χ1n) is 10.4. The van der Waals surface area contributed by atoms with Crippen LogP contribution in [0.2, 0.25) is 0 Å². The van der Waals surface area contributed by atoms with Gasteiger partial charge in [0.2, 0.25) is 0 Å². The summed E-state index contributed by atoms with van der Waals surface area (Å²) in [5.41, 5.74) is 1.91. The first-order chi connectivity index (χ1) is 13.9. The van der Waals surface area contributed by atoms with E-state index in [-0.39, 0.29) is 17.2 Å². The molecule has 0 spiro atoms. The number of morpholine rings is 1. The molecule has 0 aromatic carbocycles. The third-order valence-corrected chi connectivity index (χ3v) is 7.28. The largest absolute Gasteiger partial charge is 0.465 e. The zero-order chi connectivity index (χ0) is 20.6. The predicted molar refractivity (Wildman–Crippen MR) is 113 cm³/mol. The SMILES string of the molecule is CC1(C)CC(=O)c2sc(N3CCOCC3)c(C#CC3CCCCN3C(=O)O)c2C1. The Hall–Kier alpha value is -2.04. The second kappa shape index (κ2) is 8.00. The highest BCUT2D eigenvalue weighted by molar-refractivity contribution is 7.18. The number of fused-ring (bicyclic) bond motifs is 1. The smallest absolute Gasteiger partial charge is 0.408 e. The number of carbonyl (C=O) groups excluding carboxylic acids is 1. The van der Waals surface area contributed by atoms with Crippen LogP contribution in [0.3, 0.4) is 0 Å². The molecule has 29 heavy (non-hydrogen) atoms. The van der Waals surface area contributed by atoms with Crippen molar-refractivity contribution >= 4 is 28.2 Å². The molecule has 0 saturated carbocycles. The number of Topliss-reactive ketones (excluding diaryl/α,β-unsaturated/α-hetero) is 1. The van der Waals surface area contributed by atoms with Gasteiger partial charge in [-0.25, -0.2) is 4.79 Å². The van der Waals surface area contributed by atoms with E-state index in [1.807, 2.05) is 0 Å². The van der Waals surface area contributed by atoms with Gasteiger partial charge in [-0.3, -0.25) is 9.69 Å². The molecule has 1 aliphatic carbocycles. The molecule has 2 fully saturated rings. The van der Waals surface area contributed by atoms with Gasteiger partial charge in [0.25, 0.3) is 0 Å². The van der Waals surface area contributed by atoms with E-state index in [1.54, 1.807) is 11.3 Å². The molecule has 1 aromatic heterocycles. The lowest BCUT2D eigenvalue weighted by molar-refractivity contribution is 0.0917. The number of amides is 1. The van der Waals surface area contributed by atoms with Crippen molar-refractivity contribution in [2.24, 2.45) is 5.41 Å². The standard InChI is InChI=1S/C22H28N2O4S/c1-22(2)13-17-16(7-6-15-5-3-4-8-24(15)21(26)27)20(23-9-11-28-12-10-23)29-19(17)18(25)14-22/h15H,3-5,8-14H2,1-2H3,(H,26,27). The number of likely N-dealkylation sites (tertiary alicyclic amines) is 1. The number of carbonyl (C=O) groups is 2. The van der Waals surface area contributed by atoms with Crippen molar-refractivity contribution < 1.29 is 19.4 Å². The van der Waals surface area contributed by atoms with Gasteiger partial charge in [0.15, 0.2) is 5.78 Å². The minimum Gasteiger partial charge on any atom is -0.465 e. The molecule has 1 atom stereocenters. The van der Waals surface area contributed by atoms with Gasteiger partial charge in [-0.1, -0.05) is 25.7 Å². The molecule has 0 bridgehead atoms. The van der Waals surface area contributed by atoms with Crippen molar-refractivity contribution in [2.75, 3.05) is 37.7 Å². The average Bonchev–Trinajstić information content (AvgIpc) is 3.04. The molecule has 4 rings (SSSR count). The minimum atomic E-state index is -0.902. The van der Waals surface area contributed by atoms with Crippen molar-refractivity contribution in [3.8, 4) is 11.8 Å². The van der Waals surface area contributed by atoms with Gasteiger partial charge in [-0.2, -0.15) is 0 Å². The van der Waals surface area contributed by atoms with Gasteiger partial charge in [0.05, 0.1) is 29.7 Å². The number of nitrogens with zero attached hydrogens (tertiary/aromatic N) is 2. The van der Waals surface area contributed by atoms with Crippen molar-refractivity contribution in [3.05, 3.63) is 16.0 Å². The maximum Gasteiger partial charge on any atom is 0.408 e. The van der Waals surface area contributed by atoms with Gasteiger partial charge in [-0.15, -0.1) is 11.3 Å². The maximum atomic E-state index is 12.8. The number of carboxylic acid groups (broad SMARTS) is 1. The summed E-state index contributed by atoms with van der Waals surface area (Å²) in [6.45, 7) is 7.72. The molecular formula is C22H28N2O4S. The van der Waals surface area contributed by atoms with Gasteiger partial charge < -0.3 is 14.7 Å². The van der Waals surface area contributed by atoms with E-state index in [0.717, 1.165) is 59.8 Å². The summed E-state index contributed by atoms with van der Waals surface area (Å²) in [6.07, 6.45) is 3.13. The molecule has 3 aliphatic rings. The second-order valence-corrected chi connectivity index (χ2v) is 9.89. The van der Waals surface area contributed by atoms with Crippen molar-refractivity contribution in [1.29, 1.82) is 0 Å². The summed E-state index contributed by atoms with van der Waals surface area (Å²) in [5, 5.41) is 10.6. The fourth-order valence-corrected chi connectivity index (χ4v) is 5.75. The summed E-state index contributed by atoms with van der Waals surface area (Å²) in [6, 6.07) is -0.276. The van der Waals surface area contributed by atoms with E-state index in [1.165, 1.54) is 4.90 Å². The van der Waals surface area contributed by atoms with Crippen LogP contribution in [0.4, 0.5) is 9.80 Å². The lowest BCUT2D eigenvalue weighted by Crippen LogP contribution is -2.42. The lowest BCUT2D eigenvalue weighted by Gasteiger charge is -2.30. The molecule has 1 amide bonds. The molecule has 1 N–H and O–H groups in total. The number of ketones is 1. The van der Waals surface area contributed by atoms with E-state index in [2.05, 4.69) is 30.6 Å². The first-order valence-corrected chi connectivity index (χ1v) is 11.2. The highest BCUT2D eigenvalue weighted by Gasteiger charge is 2.36. The van der Waals surface area contributed by atoms with Gasteiger partial charge >= 0.3 is 6.09 Å². The summed E-state index contributed by atoms with van der Waals surface area (Å²) in [4.78, 5) is 29.0. The molecule has 156 valence electrons. The van der Waals surface area contributed by atoms with E-state index in [0.29, 0.717) is 26.2 Å². The summed E-state index contributed by atoms with van der Waals surface area (Å²) in [7, 11) is 0. The van der Waals surface area contributed by atoms with E-state index in [9.17, 15) is 14.7 Å². The number of thiophene rings is 1. The normalized spacial score (nSPS) is 23.9. The zero-order valence-corrected chi connectivity index (χ0v) is 17.9. The quantitative estimate of drug-likeness (QED) is 0.708. The van der Waals surface area contributed by atoms with Crippen LogP contribution in [-0.2, 0) is 11.2 Å². The van der Waals surface area contributed by atoms with Crippen LogP contribution in [0.1, 0.15) is 60.3 Å².